The highest BCUT2D eigenvalue weighted by Gasteiger charge is 2.48. The molecule has 2 aliphatic rings. The number of aliphatic hydroxyl groups excluding tert-OH is 1. The standard InChI is InChI=1S/C15H30N2O/c1-12(2)16-15(11-18,13-6-7-13)10-17-9-5-8-14(17,3)4/h12-13,16,18H,5-11H2,1-4H3. The van der Waals surface area contributed by atoms with Crippen LogP contribution in [0.5, 0.6) is 0 Å². The second-order valence-corrected chi connectivity index (χ2v) is 7.23. The summed E-state index contributed by atoms with van der Waals surface area (Å²) in [4.78, 5) is 2.58. The zero-order chi connectivity index (χ0) is 13.4. The van der Waals surface area contributed by atoms with Gasteiger partial charge in [0.2, 0.25) is 0 Å². The SMILES string of the molecule is CC(C)NC(CO)(CN1CCCC1(C)C)C1CC1. The number of hydrogen-bond acceptors (Lipinski definition) is 3. The molecule has 0 spiro atoms. The molecule has 1 saturated heterocycles. The van der Waals surface area contributed by atoms with Crippen molar-refractivity contribution >= 4 is 0 Å². The lowest BCUT2D eigenvalue weighted by Gasteiger charge is -2.43. The first-order chi connectivity index (χ1) is 8.39. The zero-order valence-corrected chi connectivity index (χ0v) is 12.5. The van der Waals surface area contributed by atoms with Crippen molar-refractivity contribution in [2.45, 2.75) is 70.5 Å². The number of rotatable bonds is 6. The molecule has 3 nitrogen and oxygen atoms in total. The molecule has 3 heteroatoms. The first kappa shape index (κ1) is 14.3. The minimum absolute atomic E-state index is 0.0736. The van der Waals surface area contributed by atoms with E-state index >= 15 is 0 Å². The Morgan fingerprint density at radius 1 is 1.39 bits per heavy atom. The van der Waals surface area contributed by atoms with Crippen LogP contribution in [0, 0.1) is 5.92 Å². The first-order valence-corrected chi connectivity index (χ1v) is 7.53. The van der Waals surface area contributed by atoms with Gasteiger partial charge in [0.1, 0.15) is 0 Å². The van der Waals surface area contributed by atoms with Crippen LogP contribution in [0.2, 0.25) is 0 Å². The maximum absolute atomic E-state index is 9.98. The van der Waals surface area contributed by atoms with Gasteiger partial charge < -0.3 is 10.4 Å². The maximum Gasteiger partial charge on any atom is 0.0628 e. The molecule has 1 heterocycles. The van der Waals surface area contributed by atoms with Gasteiger partial charge in [0.15, 0.2) is 0 Å². The molecule has 1 saturated carbocycles. The van der Waals surface area contributed by atoms with Crippen LogP contribution in [0.25, 0.3) is 0 Å². The van der Waals surface area contributed by atoms with Crippen LogP contribution < -0.4 is 5.32 Å². The average molecular weight is 254 g/mol. The van der Waals surface area contributed by atoms with E-state index in [4.69, 9.17) is 0 Å². The van der Waals surface area contributed by atoms with Crippen LogP contribution in [0.15, 0.2) is 0 Å². The van der Waals surface area contributed by atoms with Crippen LogP contribution in [0.3, 0.4) is 0 Å². The van der Waals surface area contributed by atoms with Gasteiger partial charge in [-0.25, -0.2) is 0 Å². The summed E-state index contributed by atoms with van der Waals surface area (Å²) in [6, 6.07) is 0.434. The molecular formula is C15H30N2O. The molecule has 1 atom stereocenters. The smallest absolute Gasteiger partial charge is 0.0628 e. The van der Waals surface area contributed by atoms with Crippen LogP contribution in [-0.2, 0) is 0 Å². The second-order valence-electron chi connectivity index (χ2n) is 7.23. The Morgan fingerprint density at radius 3 is 2.44 bits per heavy atom. The molecule has 106 valence electrons. The van der Waals surface area contributed by atoms with Crippen molar-refractivity contribution in [3.05, 3.63) is 0 Å². The lowest BCUT2D eigenvalue weighted by Crippen LogP contribution is -2.61. The highest BCUT2D eigenvalue weighted by atomic mass is 16.3. The number of likely N-dealkylation sites (tertiary alicyclic amines) is 1. The largest absolute Gasteiger partial charge is 0.394 e. The first-order valence-electron chi connectivity index (χ1n) is 7.53. The van der Waals surface area contributed by atoms with Crippen molar-refractivity contribution in [3.8, 4) is 0 Å². The molecule has 1 aliphatic heterocycles. The van der Waals surface area contributed by atoms with Crippen LogP contribution in [0.4, 0.5) is 0 Å². The summed E-state index contributed by atoms with van der Waals surface area (Å²) >= 11 is 0. The van der Waals surface area contributed by atoms with E-state index in [1.165, 1.54) is 32.2 Å². The van der Waals surface area contributed by atoms with E-state index in [1.54, 1.807) is 0 Å². The third kappa shape index (κ3) is 2.89. The van der Waals surface area contributed by atoms with Gasteiger partial charge in [0.05, 0.1) is 12.1 Å². The maximum atomic E-state index is 9.98. The Morgan fingerprint density at radius 2 is 2.06 bits per heavy atom. The van der Waals surface area contributed by atoms with Crippen molar-refractivity contribution < 1.29 is 5.11 Å². The summed E-state index contributed by atoms with van der Waals surface area (Å²) in [5.74, 6) is 0.668. The Balaban J connectivity index is 2.09. The molecule has 0 radical (unpaired) electrons. The fourth-order valence-corrected chi connectivity index (χ4v) is 3.53. The second kappa shape index (κ2) is 5.10. The molecule has 0 amide bonds. The van der Waals surface area contributed by atoms with Gasteiger partial charge in [0.25, 0.3) is 0 Å². The molecule has 0 bridgehead atoms. The lowest BCUT2D eigenvalue weighted by atomic mass is 9.90. The molecule has 2 fully saturated rings. The molecular weight excluding hydrogens is 224 g/mol. The Hall–Kier alpha value is -0.120. The van der Waals surface area contributed by atoms with E-state index in [0.29, 0.717) is 17.5 Å². The molecule has 0 aromatic rings. The summed E-state index contributed by atoms with van der Waals surface area (Å²) in [7, 11) is 0. The topological polar surface area (TPSA) is 35.5 Å². The quantitative estimate of drug-likeness (QED) is 0.761. The van der Waals surface area contributed by atoms with Gasteiger partial charge in [-0.2, -0.15) is 0 Å². The van der Waals surface area contributed by atoms with Crippen molar-refractivity contribution in [3.63, 3.8) is 0 Å². The fourth-order valence-electron chi connectivity index (χ4n) is 3.53. The lowest BCUT2D eigenvalue weighted by molar-refractivity contribution is 0.0572. The third-order valence-electron chi connectivity index (χ3n) is 4.76. The predicted molar refractivity (Wildman–Crippen MR) is 75.7 cm³/mol. The minimum Gasteiger partial charge on any atom is -0.394 e. The van der Waals surface area contributed by atoms with Crippen molar-refractivity contribution in [2.75, 3.05) is 19.7 Å². The summed E-state index contributed by atoms with van der Waals surface area (Å²) in [5, 5.41) is 13.7. The molecule has 1 aliphatic carbocycles. The van der Waals surface area contributed by atoms with Crippen LogP contribution in [0.1, 0.15) is 53.4 Å². The molecule has 0 aromatic heterocycles. The molecule has 1 unspecified atom stereocenters. The molecule has 2 N–H and O–H groups in total. The molecule has 0 aromatic carbocycles. The summed E-state index contributed by atoms with van der Waals surface area (Å²) in [6.07, 6.45) is 5.12. The van der Waals surface area contributed by atoms with Gasteiger partial charge in [-0.3, -0.25) is 4.90 Å². The van der Waals surface area contributed by atoms with Gasteiger partial charge in [-0.05, 0) is 52.0 Å². The van der Waals surface area contributed by atoms with Gasteiger partial charge in [-0.15, -0.1) is 0 Å². The van der Waals surface area contributed by atoms with Crippen molar-refractivity contribution in [1.29, 1.82) is 0 Å². The van der Waals surface area contributed by atoms with Crippen molar-refractivity contribution in [1.82, 2.24) is 10.2 Å². The molecule has 2 rings (SSSR count). The monoisotopic (exact) mass is 254 g/mol. The van der Waals surface area contributed by atoms with E-state index in [2.05, 4.69) is 37.9 Å². The number of nitrogens with zero attached hydrogens (tertiary/aromatic N) is 1. The van der Waals surface area contributed by atoms with E-state index in [0.717, 1.165) is 6.54 Å². The van der Waals surface area contributed by atoms with Gasteiger partial charge >= 0.3 is 0 Å². The Bertz CT molecular complexity index is 286. The fraction of sp³-hybridized carbons (Fsp3) is 1.00. The predicted octanol–water partition coefficient (Wildman–Crippen LogP) is 2.00. The normalized spacial score (nSPS) is 27.7. The Kier molecular flexibility index (Phi) is 4.05. The zero-order valence-electron chi connectivity index (χ0n) is 12.5. The summed E-state index contributed by atoms with van der Waals surface area (Å²) < 4.78 is 0. The summed E-state index contributed by atoms with van der Waals surface area (Å²) in [5.41, 5.74) is 0.226. The van der Waals surface area contributed by atoms with Gasteiger partial charge in [-0.1, -0.05) is 13.8 Å². The Labute approximate surface area is 112 Å². The van der Waals surface area contributed by atoms with E-state index in [-0.39, 0.29) is 12.1 Å². The highest BCUT2D eigenvalue weighted by Crippen LogP contribution is 2.42. The number of hydrogen-bond donors (Lipinski definition) is 2. The van der Waals surface area contributed by atoms with E-state index in [1.807, 2.05) is 0 Å². The number of nitrogens with one attached hydrogen (secondary N) is 1. The van der Waals surface area contributed by atoms with Crippen LogP contribution >= 0.6 is 0 Å². The highest BCUT2D eigenvalue weighted by molar-refractivity contribution is 5.05. The number of aliphatic hydroxyl groups is 1. The minimum atomic E-state index is -0.0736. The summed E-state index contributed by atoms with van der Waals surface area (Å²) in [6.45, 7) is 11.5. The molecule has 18 heavy (non-hydrogen) atoms. The van der Waals surface area contributed by atoms with Gasteiger partial charge in [0, 0.05) is 18.1 Å². The van der Waals surface area contributed by atoms with E-state index < -0.39 is 0 Å². The average Bonchev–Trinajstić information content (AvgIpc) is 3.05. The van der Waals surface area contributed by atoms with Crippen LogP contribution in [-0.4, -0.2) is 46.8 Å². The van der Waals surface area contributed by atoms with E-state index in [9.17, 15) is 5.11 Å². The third-order valence-corrected chi connectivity index (χ3v) is 4.76. The van der Waals surface area contributed by atoms with Crippen molar-refractivity contribution in [2.24, 2.45) is 5.92 Å².